The molecule has 0 aliphatic carbocycles. The average molecular weight is 326 g/mol. The van der Waals surface area contributed by atoms with E-state index in [1.165, 1.54) is 6.07 Å². The maximum atomic E-state index is 12.1. The van der Waals surface area contributed by atoms with Crippen molar-refractivity contribution >= 4 is 15.7 Å². The fraction of sp³-hybridized carbons (Fsp3) is 0.500. The van der Waals surface area contributed by atoms with Gasteiger partial charge in [-0.25, -0.2) is 13.1 Å². The third kappa shape index (κ3) is 6.32. The Bertz CT molecular complexity index is 547. The molecular formula is C12H17F3N2O3S. The van der Waals surface area contributed by atoms with E-state index in [9.17, 15) is 21.6 Å². The van der Waals surface area contributed by atoms with Crippen molar-refractivity contribution < 1.29 is 26.3 Å². The fourth-order valence-electron chi connectivity index (χ4n) is 1.55. The Kier molecular flexibility index (Phi) is 6.43. The zero-order chi connectivity index (χ0) is 15.9. The van der Waals surface area contributed by atoms with Gasteiger partial charge in [0.25, 0.3) is 0 Å². The number of ether oxygens (including phenoxy) is 1. The van der Waals surface area contributed by atoms with E-state index in [-0.39, 0.29) is 18.0 Å². The highest BCUT2D eigenvalue weighted by molar-refractivity contribution is 7.89. The summed E-state index contributed by atoms with van der Waals surface area (Å²) in [5, 5.41) is 2.90. The summed E-state index contributed by atoms with van der Waals surface area (Å²) in [6.07, 6.45) is -4.42. The number of hydrogen-bond acceptors (Lipinski definition) is 4. The predicted molar refractivity (Wildman–Crippen MR) is 72.7 cm³/mol. The molecule has 21 heavy (non-hydrogen) atoms. The van der Waals surface area contributed by atoms with Gasteiger partial charge in [0.05, 0.1) is 12.3 Å². The molecule has 0 radical (unpaired) electrons. The second-order valence-electron chi connectivity index (χ2n) is 4.09. The van der Waals surface area contributed by atoms with E-state index in [1.807, 2.05) is 6.92 Å². The van der Waals surface area contributed by atoms with E-state index < -0.39 is 22.8 Å². The molecule has 0 aliphatic rings. The molecule has 0 spiro atoms. The molecule has 0 amide bonds. The SMILES string of the molecule is CCNc1ccccc1S(=O)(=O)NCCOCC(F)(F)F. The van der Waals surface area contributed by atoms with E-state index in [2.05, 4.69) is 14.8 Å². The van der Waals surface area contributed by atoms with Crippen LogP contribution in [0.1, 0.15) is 6.92 Å². The first-order valence-corrected chi connectivity index (χ1v) is 7.71. The van der Waals surface area contributed by atoms with Gasteiger partial charge in [0.15, 0.2) is 0 Å². The highest BCUT2D eigenvalue weighted by atomic mass is 32.2. The third-order valence-corrected chi connectivity index (χ3v) is 3.87. The summed E-state index contributed by atoms with van der Waals surface area (Å²) < 4.78 is 66.2. The van der Waals surface area contributed by atoms with Crippen LogP contribution in [-0.4, -0.2) is 40.9 Å². The van der Waals surface area contributed by atoms with Crippen molar-refractivity contribution in [1.82, 2.24) is 4.72 Å². The quantitative estimate of drug-likeness (QED) is 0.717. The molecule has 0 fully saturated rings. The Morgan fingerprint density at radius 3 is 2.52 bits per heavy atom. The molecule has 0 aliphatic heterocycles. The predicted octanol–water partition coefficient (Wildman–Crippen LogP) is 1.98. The van der Waals surface area contributed by atoms with E-state index >= 15 is 0 Å². The zero-order valence-corrected chi connectivity index (χ0v) is 12.2. The number of benzene rings is 1. The summed E-state index contributed by atoms with van der Waals surface area (Å²) in [7, 11) is -3.80. The maximum absolute atomic E-state index is 12.1. The lowest BCUT2D eigenvalue weighted by Gasteiger charge is -2.12. The average Bonchev–Trinajstić information content (AvgIpc) is 2.37. The molecule has 0 unspecified atom stereocenters. The number of rotatable bonds is 8. The van der Waals surface area contributed by atoms with Crippen LogP contribution in [0.5, 0.6) is 0 Å². The molecule has 0 saturated heterocycles. The van der Waals surface area contributed by atoms with Crippen molar-refractivity contribution in [2.45, 2.75) is 18.0 Å². The first-order valence-electron chi connectivity index (χ1n) is 6.23. The Balaban J connectivity index is 2.58. The number of nitrogens with one attached hydrogen (secondary N) is 2. The van der Waals surface area contributed by atoms with Gasteiger partial charge in [-0.15, -0.1) is 0 Å². The monoisotopic (exact) mass is 326 g/mol. The molecule has 0 aromatic heterocycles. The van der Waals surface area contributed by atoms with Crippen molar-refractivity contribution in [3.63, 3.8) is 0 Å². The summed E-state index contributed by atoms with van der Waals surface area (Å²) in [5.74, 6) is 0. The molecule has 0 bridgehead atoms. The number of sulfonamides is 1. The number of hydrogen-bond donors (Lipinski definition) is 2. The van der Waals surface area contributed by atoms with E-state index in [0.717, 1.165) is 0 Å². The van der Waals surface area contributed by atoms with Gasteiger partial charge in [-0.2, -0.15) is 13.2 Å². The fourth-order valence-corrected chi connectivity index (χ4v) is 2.75. The van der Waals surface area contributed by atoms with Gasteiger partial charge >= 0.3 is 6.18 Å². The lowest BCUT2D eigenvalue weighted by atomic mass is 10.3. The molecule has 1 aromatic rings. The summed E-state index contributed by atoms with van der Waals surface area (Å²) in [6, 6.07) is 6.27. The Morgan fingerprint density at radius 2 is 1.90 bits per heavy atom. The number of anilines is 1. The normalized spacial score (nSPS) is 12.4. The third-order valence-electron chi connectivity index (χ3n) is 2.35. The Hall–Kier alpha value is -1.32. The summed E-state index contributed by atoms with van der Waals surface area (Å²) in [6.45, 7) is 0.368. The minimum Gasteiger partial charge on any atom is -0.384 e. The van der Waals surface area contributed by atoms with Crippen LogP contribution in [0.4, 0.5) is 18.9 Å². The van der Waals surface area contributed by atoms with Crippen LogP contribution in [0.3, 0.4) is 0 Å². The van der Waals surface area contributed by atoms with Crippen molar-refractivity contribution in [3.8, 4) is 0 Å². The number of halogens is 3. The van der Waals surface area contributed by atoms with Crippen molar-refractivity contribution in [3.05, 3.63) is 24.3 Å². The Morgan fingerprint density at radius 1 is 1.24 bits per heavy atom. The molecular weight excluding hydrogens is 309 g/mol. The van der Waals surface area contributed by atoms with Crippen molar-refractivity contribution in [2.75, 3.05) is 31.6 Å². The molecule has 120 valence electrons. The van der Waals surface area contributed by atoms with Gasteiger partial charge in [0.2, 0.25) is 10.0 Å². The molecule has 1 rings (SSSR count). The van der Waals surface area contributed by atoms with E-state index in [0.29, 0.717) is 12.2 Å². The molecule has 5 nitrogen and oxygen atoms in total. The molecule has 9 heteroatoms. The van der Waals surface area contributed by atoms with E-state index in [1.54, 1.807) is 18.2 Å². The standard InChI is InChI=1S/C12H17F3N2O3S/c1-2-16-10-5-3-4-6-11(10)21(18,19)17-7-8-20-9-12(13,14)15/h3-6,16-17H,2,7-9H2,1H3. The summed E-state index contributed by atoms with van der Waals surface area (Å²) in [5.41, 5.74) is 0.434. The highest BCUT2D eigenvalue weighted by Crippen LogP contribution is 2.20. The van der Waals surface area contributed by atoms with Crippen molar-refractivity contribution in [2.24, 2.45) is 0 Å². The van der Waals surface area contributed by atoms with Crippen LogP contribution < -0.4 is 10.0 Å². The van der Waals surface area contributed by atoms with Crippen LogP contribution >= 0.6 is 0 Å². The van der Waals surface area contributed by atoms with Crippen LogP contribution in [0.2, 0.25) is 0 Å². The molecule has 1 aromatic carbocycles. The maximum Gasteiger partial charge on any atom is 0.411 e. The van der Waals surface area contributed by atoms with E-state index in [4.69, 9.17) is 0 Å². The molecule has 0 saturated carbocycles. The lowest BCUT2D eigenvalue weighted by molar-refractivity contribution is -0.173. The minimum absolute atomic E-state index is 0.0441. The van der Waals surface area contributed by atoms with Gasteiger partial charge in [-0.3, -0.25) is 0 Å². The molecule has 0 heterocycles. The number of para-hydroxylation sites is 1. The van der Waals surface area contributed by atoms with Gasteiger partial charge < -0.3 is 10.1 Å². The second-order valence-corrected chi connectivity index (χ2v) is 5.83. The summed E-state index contributed by atoms with van der Waals surface area (Å²) >= 11 is 0. The largest absolute Gasteiger partial charge is 0.411 e. The second kappa shape index (κ2) is 7.62. The lowest BCUT2D eigenvalue weighted by Crippen LogP contribution is -2.29. The summed E-state index contributed by atoms with van der Waals surface area (Å²) in [4.78, 5) is 0.0441. The topological polar surface area (TPSA) is 67.4 Å². The van der Waals surface area contributed by atoms with Crippen LogP contribution in [0.25, 0.3) is 0 Å². The van der Waals surface area contributed by atoms with Crippen molar-refractivity contribution in [1.29, 1.82) is 0 Å². The van der Waals surface area contributed by atoms with Gasteiger partial charge in [-0.1, -0.05) is 12.1 Å². The smallest absolute Gasteiger partial charge is 0.384 e. The van der Waals surface area contributed by atoms with Gasteiger partial charge in [0, 0.05) is 13.1 Å². The minimum atomic E-state index is -4.42. The highest BCUT2D eigenvalue weighted by Gasteiger charge is 2.27. The Labute approximate surface area is 121 Å². The van der Waals surface area contributed by atoms with Crippen LogP contribution in [0.15, 0.2) is 29.2 Å². The molecule has 2 N–H and O–H groups in total. The van der Waals surface area contributed by atoms with Gasteiger partial charge in [0.1, 0.15) is 11.5 Å². The van der Waals surface area contributed by atoms with Gasteiger partial charge in [-0.05, 0) is 19.1 Å². The number of alkyl halides is 3. The first kappa shape index (κ1) is 17.7. The molecule has 0 atom stereocenters. The van der Waals surface area contributed by atoms with Crippen LogP contribution in [0, 0.1) is 0 Å². The zero-order valence-electron chi connectivity index (χ0n) is 11.4. The first-order chi connectivity index (χ1) is 9.76. The van der Waals surface area contributed by atoms with Crippen LogP contribution in [-0.2, 0) is 14.8 Å².